The van der Waals surface area contributed by atoms with Crippen molar-refractivity contribution >= 4 is 33.2 Å². The average molecular weight is 676 g/mol. The fourth-order valence-electron chi connectivity index (χ4n) is 7.70. The Bertz CT molecular complexity index is 1640. The number of amides is 1. The highest BCUT2D eigenvalue weighted by molar-refractivity contribution is 7.90. The number of ether oxygens (including phenoxy) is 2. The maximum Gasteiger partial charge on any atom is 0.264 e. The summed E-state index contributed by atoms with van der Waals surface area (Å²) in [7, 11) is -2.61. The van der Waals surface area contributed by atoms with E-state index in [4.69, 9.17) is 21.1 Å². The zero-order valence-electron chi connectivity index (χ0n) is 26.6. The van der Waals surface area contributed by atoms with Gasteiger partial charge in [0.05, 0.1) is 30.8 Å². The van der Waals surface area contributed by atoms with Gasteiger partial charge >= 0.3 is 0 Å². The predicted molar refractivity (Wildman–Crippen MR) is 176 cm³/mol. The van der Waals surface area contributed by atoms with Gasteiger partial charge in [-0.3, -0.25) is 9.69 Å². The topological polar surface area (TPSA) is 108 Å². The van der Waals surface area contributed by atoms with E-state index in [1.165, 1.54) is 31.2 Å². The molecule has 0 aromatic heterocycles. The number of nitrogens with one attached hydrogen (secondary N) is 1. The molecule has 5 atom stereocenters. The van der Waals surface area contributed by atoms with Gasteiger partial charge in [-0.05, 0) is 86.4 Å². The third kappa shape index (κ3) is 5.83. The van der Waals surface area contributed by atoms with Gasteiger partial charge in [0.15, 0.2) is 0 Å². The standard InChI is InChI=1S/C34H43ClFN3O6S/c1-22-6-11-31(36)34(19-40,21-44-3)39-14-12-27(39)17-38-18-33(13-4-5-24-15-26(35)8-9-28(24)33)20-45-30-10-7-25(16-29(30)38)32(41)37-46(42,43)23(22)2/h7-11,15-16,22-23,27,40H,4-6,12-14,17-21H2,1-3H3,(H,37,41)/b31-11-/t22-,23+,27-,33-,34-/m0/s1. The number of aryl methyl sites for hydroxylation is 1. The first-order valence-electron chi connectivity index (χ1n) is 16.0. The van der Waals surface area contributed by atoms with E-state index in [1.807, 2.05) is 17.0 Å². The molecule has 12 heteroatoms. The van der Waals surface area contributed by atoms with Crippen LogP contribution in [0.2, 0.25) is 5.02 Å². The van der Waals surface area contributed by atoms with E-state index < -0.39 is 45.1 Å². The van der Waals surface area contributed by atoms with Crippen molar-refractivity contribution in [3.63, 3.8) is 0 Å². The zero-order valence-corrected chi connectivity index (χ0v) is 28.2. The number of hydrogen-bond donors (Lipinski definition) is 2. The smallest absolute Gasteiger partial charge is 0.264 e. The lowest BCUT2D eigenvalue weighted by Crippen LogP contribution is -2.67. The highest BCUT2D eigenvalue weighted by Crippen LogP contribution is 2.46. The van der Waals surface area contributed by atoms with Crippen LogP contribution in [0.5, 0.6) is 5.75 Å². The Hall–Kier alpha value is -2.70. The van der Waals surface area contributed by atoms with Crippen molar-refractivity contribution in [1.29, 1.82) is 0 Å². The molecule has 2 N–H and O–H groups in total. The van der Waals surface area contributed by atoms with Gasteiger partial charge in [0.2, 0.25) is 10.0 Å². The molecule has 3 aliphatic heterocycles. The third-order valence-corrected chi connectivity index (χ3v) is 12.9. The molecule has 1 fully saturated rings. The molecule has 0 radical (unpaired) electrons. The Kier molecular flexibility index (Phi) is 9.19. The maximum atomic E-state index is 16.3. The van der Waals surface area contributed by atoms with Crippen LogP contribution in [0, 0.1) is 5.92 Å². The molecule has 0 saturated carbocycles. The first-order chi connectivity index (χ1) is 21.9. The Labute approximate surface area is 275 Å². The van der Waals surface area contributed by atoms with Gasteiger partial charge in [0.25, 0.3) is 5.91 Å². The van der Waals surface area contributed by atoms with Crippen LogP contribution in [0.1, 0.15) is 61.0 Å². The van der Waals surface area contributed by atoms with Gasteiger partial charge in [0.1, 0.15) is 17.1 Å². The number of anilines is 1. The molecule has 2 aromatic carbocycles. The number of rotatable bonds is 3. The van der Waals surface area contributed by atoms with E-state index in [1.54, 1.807) is 25.1 Å². The summed E-state index contributed by atoms with van der Waals surface area (Å²) in [6.07, 6.45) is 4.99. The Morgan fingerprint density at radius 1 is 1.22 bits per heavy atom. The minimum atomic E-state index is -4.10. The number of aliphatic hydroxyl groups is 1. The van der Waals surface area contributed by atoms with E-state index >= 15 is 4.39 Å². The number of benzene rings is 2. The van der Waals surface area contributed by atoms with E-state index in [9.17, 15) is 18.3 Å². The molecular weight excluding hydrogens is 633 g/mol. The van der Waals surface area contributed by atoms with Crippen LogP contribution in [0.25, 0.3) is 0 Å². The van der Waals surface area contributed by atoms with Crippen LogP contribution in [0.3, 0.4) is 0 Å². The summed E-state index contributed by atoms with van der Waals surface area (Å²) in [6, 6.07) is 10.9. The largest absolute Gasteiger partial charge is 0.490 e. The molecule has 9 nitrogen and oxygen atoms in total. The molecule has 4 aliphatic rings. The molecular formula is C34H43ClFN3O6S. The number of halogens is 2. The zero-order chi connectivity index (χ0) is 32.9. The summed E-state index contributed by atoms with van der Waals surface area (Å²) in [6.45, 7) is 4.65. The molecule has 2 bridgehead atoms. The van der Waals surface area contributed by atoms with E-state index in [0.29, 0.717) is 42.7 Å². The lowest BCUT2D eigenvalue weighted by Gasteiger charge is -2.54. The van der Waals surface area contributed by atoms with Crippen LogP contribution in [0.4, 0.5) is 10.1 Å². The van der Waals surface area contributed by atoms with E-state index in [2.05, 4.69) is 15.7 Å². The van der Waals surface area contributed by atoms with Crippen molar-refractivity contribution in [3.8, 4) is 5.75 Å². The quantitative estimate of drug-likeness (QED) is 0.486. The van der Waals surface area contributed by atoms with Gasteiger partial charge in [-0.1, -0.05) is 30.7 Å². The van der Waals surface area contributed by atoms with Gasteiger partial charge in [-0.2, -0.15) is 0 Å². The molecule has 250 valence electrons. The normalized spacial score (nSPS) is 32.6. The maximum absolute atomic E-state index is 16.3. The van der Waals surface area contributed by atoms with E-state index in [0.717, 1.165) is 25.7 Å². The summed E-state index contributed by atoms with van der Waals surface area (Å²) in [5.41, 5.74) is 1.45. The Morgan fingerprint density at radius 3 is 2.74 bits per heavy atom. The third-order valence-electron chi connectivity index (χ3n) is 10.7. The van der Waals surface area contributed by atoms with Crippen LogP contribution in [-0.2, 0) is 26.6 Å². The number of methoxy groups -OCH3 is 1. The van der Waals surface area contributed by atoms with Crippen molar-refractivity contribution in [2.75, 3.05) is 51.5 Å². The monoisotopic (exact) mass is 675 g/mol. The molecule has 3 heterocycles. The molecule has 1 saturated heterocycles. The van der Waals surface area contributed by atoms with Crippen LogP contribution >= 0.6 is 11.6 Å². The van der Waals surface area contributed by atoms with Crippen LogP contribution < -0.4 is 14.4 Å². The first-order valence-corrected chi connectivity index (χ1v) is 17.9. The predicted octanol–water partition coefficient (Wildman–Crippen LogP) is 4.61. The lowest BCUT2D eigenvalue weighted by molar-refractivity contribution is -0.0787. The molecule has 6 rings (SSSR count). The SMILES string of the molecule is COC[C@@]1(CO)/C(F)=C/C[C@H](C)[C@@H](C)S(=O)(=O)NC(=O)c2ccc3c(c2)N(C[C@@H]2CCN21)C[C@@]1(CCCc2cc(Cl)ccc21)CO3. The molecule has 0 unspecified atom stereocenters. The van der Waals surface area contributed by atoms with Gasteiger partial charge < -0.3 is 19.5 Å². The molecule has 1 amide bonds. The van der Waals surface area contributed by atoms with Gasteiger partial charge in [0, 0.05) is 48.8 Å². The molecule has 1 aliphatic carbocycles. The molecule has 1 spiro atoms. The number of nitrogens with zero attached hydrogens (tertiary/aromatic N) is 2. The fourth-order valence-corrected chi connectivity index (χ4v) is 9.18. The van der Waals surface area contributed by atoms with Crippen LogP contribution in [0.15, 0.2) is 48.3 Å². The number of sulfonamides is 1. The van der Waals surface area contributed by atoms with Crippen LogP contribution in [-0.4, -0.2) is 87.7 Å². The van der Waals surface area contributed by atoms with E-state index in [-0.39, 0.29) is 30.0 Å². The number of aliphatic hydroxyl groups excluding tert-OH is 1. The van der Waals surface area contributed by atoms with Crippen molar-refractivity contribution < 1.29 is 32.2 Å². The second-order valence-corrected chi connectivity index (χ2v) is 16.0. The Morgan fingerprint density at radius 2 is 2.02 bits per heavy atom. The highest BCUT2D eigenvalue weighted by Gasteiger charge is 2.50. The summed E-state index contributed by atoms with van der Waals surface area (Å²) >= 11 is 6.40. The number of fused-ring (bicyclic) bond motifs is 4. The van der Waals surface area contributed by atoms with Crippen molar-refractivity contribution in [3.05, 3.63) is 70.0 Å². The minimum absolute atomic E-state index is 0.0669. The highest BCUT2D eigenvalue weighted by atomic mass is 35.5. The van der Waals surface area contributed by atoms with Crippen molar-refractivity contribution in [1.82, 2.24) is 9.62 Å². The summed E-state index contributed by atoms with van der Waals surface area (Å²) < 4.78 is 57.2. The fraction of sp³-hybridized carbons (Fsp3) is 0.559. The summed E-state index contributed by atoms with van der Waals surface area (Å²) in [5, 5.41) is 10.5. The van der Waals surface area contributed by atoms with Gasteiger partial charge in [-0.25, -0.2) is 17.5 Å². The number of carbonyl (C=O) groups is 1. The number of carbonyl (C=O) groups excluding carboxylic acids is 1. The first kappa shape index (κ1) is 33.2. The second kappa shape index (κ2) is 12.7. The van der Waals surface area contributed by atoms with Crippen molar-refractivity contribution in [2.24, 2.45) is 5.92 Å². The number of allylic oxidation sites excluding steroid dienone is 1. The summed E-state index contributed by atoms with van der Waals surface area (Å²) in [5.74, 6) is -1.21. The number of hydrogen-bond acceptors (Lipinski definition) is 8. The summed E-state index contributed by atoms with van der Waals surface area (Å²) in [4.78, 5) is 17.6. The lowest BCUT2D eigenvalue weighted by atomic mass is 9.70. The molecule has 2 aromatic rings. The molecule has 46 heavy (non-hydrogen) atoms. The average Bonchev–Trinajstić information content (AvgIpc) is 3.17. The second-order valence-electron chi connectivity index (χ2n) is 13.5. The van der Waals surface area contributed by atoms with Crippen molar-refractivity contribution in [2.45, 2.75) is 68.2 Å². The van der Waals surface area contributed by atoms with Gasteiger partial charge in [-0.15, -0.1) is 0 Å². The Balaban J connectivity index is 1.48. The minimum Gasteiger partial charge on any atom is -0.490 e.